The van der Waals surface area contributed by atoms with Crippen molar-refractivity contribution >= 4 is 16.9 Å². The van der Waals surface area contributed by atoms with Gasteiger partial charge in [-0.05, 0) is 41.7 Å². The predicted molar refractivity (Wildman–Crippen MR) is 135 cm³/mol. The van der Waals surface area contributed by atoms with Gasteiger partial charge < -0.3 is 9.47 Å². The monoisotopic (exact) mass is 454 g/mol. The Balaban J connectivity index is 1.87. The van der Waals surface area contributed by atoms with E-state index in [9.17, 15) is 4.79 Å². The van der Waals surface area contributed by atoms with Crippen LogP contribution in [0.4, 0.5) is 0 Å². The SMILES string of the molecule is CCCc1cccc(-c2ccc3c(OCc4ccccc4)c(C(=O)OC)nc(C(C)C)c3n2)c1. The normalized spacial score (nSPS) is 11.1. The summed E-state index contributed by atoms with van der Waals surface area (Å²) in [6.45, 7) is 6.58. The molecule has 0 aliphatic heterocycles. The van der Waals surface area contributed by atoms with Crippen LogP contribution in [0.2, 0.25) is 0 Å². The lowest BCUT2D eigenvalue weighted by atomic mass is 10.0. The Morgan fingerprint density at radius 1 is 0.941 bits per heavy atom. The standard InChI is InChI=1S/C29H30N2O3/c1-5-10-20-13-9-14-22(17-20)24-16-15-23-26(30-24)25(19(2)3)31-27(29(32)33-4)28(23)34-18-21-11-7-6-8-12-21/h6-9,11-17,19H,5,10,18H2,1-4H3. The van der Waals surface area contributed by atoms with Gasteiger partial charge in [0.15, 0.2) is 11.4 Å². The van der Waals surface area contributed by atoms with Crippen molar-refractivity contribution in [2.45, 2.75) is 46.1 Å². The summed E-state index contributed by atoms with van der Waals surface area (Å²) in [5, 5.41) is 0.753. The van der Waals surface area contributed by atoms with Gasteiger partial charge in [-0.1, -0.05) is 75.7 Å². The fourth-order valence-electron chi connectivity index (χ4n) is 4.04. The average Bonchev–Trinajstić information content (AvgIpc) is 2.87. The summed E-state index contributed by atoms with van der Waals surface area (Å²) >= 11 is 0. The summed E-state index contributed by atoms with van der Waals surface area (Å²) in [5.74, 6) is -0.0691. The largest absolute Gasteiger partial charge is 0.486 e. The first-order valence-electron chi connectivity index (χ1n) is 11.7. The average molecular weight is 455 g/mol. The van der Waals surface area contributed by atoms with Gasteiger partial charge in [-0.25, -0.2) is 14.8 Å². The van der Waals surface area contributed by atoms with Crippen molar-refractivity contribution in [3.63, 3.8) is 0 Å². The Morgan fingerprint density at radius 3 is 2.41 bits per heavy atom. The quantitative estimate of drug-likeness (QED) is 0.276. The number of methoxy groups -OCH3 is 1. The Bertz CT molecular complexity index is 1300. The third kappa shape index (κ3) is 4.93. The van der Waals surface area contributed by atoms with Crippen LogP contribution in [0, 0.1) is 0 Å². The molecule has 5 heteroatoms. The van der Waals surface area contributed by atoms with Crippen molar-refractivity contribution in [3.05, 3.63) is 89.2 Å². The Labute approximate surface area is 200 Å². The van der Waals surface area contributed by atoms with Crippen LogP contribution in [-0.2, 0) is 17.8 Å². The number of carbonyl (C=O) groups is 1. The number of esters is 1. The van der Waals surface area contributed by atoms with E-state index in [-0.39, 0.29) is 11.6 Å². The number of hydrogen-bond acceptors (Lipinski definition) is 5. The zero-order valence-electron chi connectivity index (χ0n) is 20.2. The van der Waals surface area contributed by atoms with E-state index < -0.39 is 5.97 Å². The maximum Gasteiger partial charge on any atom is 0.360 e. The Morgan fingerprint density at radius 2 is 1.71 bits per heavy atom. The van der Waals surface area contributed by atoms with Crippen LogP contribution in [-0.4, -0.2) is 23.0 Å². The van der Waals surface area contributed by atoms with Gasteiger partial charge in [0.2, 0.25) is 0 Å². The van der Waals surface area contributed by atoms with Crippen LogP contribution in [0.15, 0.2) is 66.7 Å². The zero-order chi connectivity index (χ0) is 24.1. The minimum Gasteiger partial charge on any atom is -0.486 e. The highest BCUT2D eigenvalue weighted by molar-refractivity contribution is 5.99. The van der Waals surface area contributed by atoms with Crippen molar-refractivity contribution < 1.29 is 14.3 Å². The number of aromatic nitrogens is 2. The van der Waals surface area contributed by atoms with Crippen LogP contribution >= 0.6 is 0 Å². The molecular formula is C29H30N2O3. The molecule has 0 N–H and O–H groups in total. The lowest BCUT2D eigenvalue weighted by Gasteiger charge is -2.17. The summed E-state index contributed by atoms with van der Waals surface area (Å²) in [7, 11) is 1.36. The fourth-order valence-corrected chi connectivity index (χ4v) is 4.04. The number of benzene rings is 2. The highest BCUT2D eigenvalue weighted by Crippen LogP contribution is 2.35. The van der Waals surface area contributed by atoms with Crippen molar-refractivity contribution in [1.82, 2.24) is 9.97 Å². The van der Waals surface area contributed by atoms with E-state index in [4.69, 9.17) is 19.4 Å². The number of fused-ring (bicyclic) bond motifs is 1. The van der Waals surface area contributed by atoms with Gasteiger partial charge in [-0.3, -0.25) is 0 Å². The maximum atomic E-state index is 12.7. The number of ether oxygens (including phenoxy) is 2. The molecule has 34 heavy (non-hydrogen) atoms. The number of carbonyl (C=O) groups excluding carboxylic acids is 1. The first-order chi connectivity index (χ1) is 16.5. The molecule has 0 aliphatic carbocycles. The lowest BCUT2D eigenvalue weighted by molar-refractivity contribution is 0.0588. The molecule has 0 radical (unpaired) electrons. The second kappa shape index (κ2) is 10.5. The molecule has 5 nitrogen and oxygen atoms in total. The minimum atomic E-state index is -0.525. The van der Waals surface area contributed by atoms with Gasteiger partial charge in [-0.15, -0.1) is 0 Å². The molecule has 0 unspecified atom stereocenters. The summed E-state index contributed by atoms with van der Waals surface area (Å²) in [4.78, 5) is 22.4. The van der Waals surface area contributed by atoms with E-state index in [0.717, 1.165) is 46.3 Å². The number of nitrogens with zero attached hydrogens (tertiary/aromatic N) is 2. The summed E-state index contributed by atoms with van der Waals surface area (Å²) in [6.07, 6.45) is 2.12. The molecule has 0 bridgehead atoms. The predicted octanol–water partition coefficient (Wildman–Crippen LogP) is 6.74. The van der Waals surface area contributed by atoms with Crippen molar-refractivity contribution in [3.8, 4) is 17.0 Å². The van der Waals surface area contributed by atoms with Crippen molar-refractivity contribution in [2.75, 3.05) is 7.11 Å². The number of pyridine rings is 2. The minimum absolute atomic E-state index is 0.0586. The molecule has 2 aromatic heterocycles. The summed E-state index contributed by atoms with van der Waals surface area (Å²) in [6, 6.07) is 22.3. The smallest absolute Gasteiger partial charge is 0.360 e. The number of rotatable bonds is 8. The van der Waals surface area contributed by atoms with Crippen LogP contribution in [0.25, 0.3) is 22.2 Å². The molecule has 2 aromatic carbocycles. The van der Waals surface area contributed by atoms with Gasteiger partial charge in [-0.2, -0.15) is 0 Å². The third-order valence-electron chi connectivity index (χ3n) is 5.74. The van der Waals surface area contributed by atoms with Gasteiger partial charge in [0.1, 0.15) is 6.61 Å². The van der Waals surface area contributed by atoms with E-state index in [1.54, 1.807) is 0 Å². The van der Waals surface area contributed by atoms with Crippen molar-refractivity contribution in [2.24, 2.45) is 0 Å². The molecule has 0 saturated heterocycles. The van der Waals surface area contributed by atoms with Gasteiger partial charge >= 0.3 is 5.97 Å². The summed E-state index contributed by atoms with van der Waals surface area (Å²) in [5.41, 5.74) is 5.88. The van der Waals surface area contributed by atoms with E-state index in [1.807, 2.05) is 56.3 Å². The van der Waals surface area contributed by atoms with Crippen LogP contribution in [0.1, 0.15) is 60.4 Å². The first-order valence-corrected chi connectivity index (χ1v) is 11.7. The Hall–Kier alpha value is -3.73. The summed E-state index contributed by atoms with van der Waals surface area (Å²) < 4.78 is 11.2. The highest BCUT2D eigenvalue weighted by Gasteiger charge is 2.24. The van der Waals surface area contributed by atoms with Crippen molar-refractivity contribution in [1.29, 1.82) is 0 Å². The van der Waals surface area contributed by atoms with E-state index >= 15 is 0 Å². The molecule has 174 valence electrons. The maximum absolute atomic E-state index is 12.7. The van der Waals surface area contributed by atoms with Crippen LogP contribution < -0.4 is 4.74 Å². The van der Waals surface area contributed by atoms with E-state index in [2.05, 4.69) is 31.2 Å². The fraction of sp³-hybridized carbons (Fsp3) is 0.276. The molecule has 0 spiro atoms. The van der Waals surface area contributed by atoms with Gasteiger partial charge in [0.25, 0.3) is 0 Å². The Kier molecular flexibility index (Phi) is 7.21. The third-order valence-corrected chi connectivity index (χ3v) is 5.74. The molecule has 2 heterocycles. The highest BCUT2D eigenvalue weighted by atomic mass is 16.5. The van der Waals surface area contributed by atoms with Gasteiger partial charge in [0, 0.05) is 10.9 Å². The first kappa shape index (κ1) is 23.4. The van der Waals surface area contributed by atoms with E-state index in [0.29, 0.717) is 12.4 Å². The van der Waals surface area contributed by atoms with Crippen LogP contribution in [0.5, 0.6) is 5.75 Å². The topological polar surface area (TPSA) is 61.3 Å². The zero-order valence-corrected chi connectivity index (χ0v) is 20.2. The van der Waals surface area contributed by atoms with Gasteiger partial charge in [0.05, 0.1) is 24.0 Å². The molecule has 4 aromatic rings. The molecule has 0 saturated carbocycles. The van der Waals surface area contributed by atoms with Crippen LogP contribution in [0.3, 0.4) is 0 Å². The van der Waals surface area contributed by atoms with E-state index in [1.165, 1.54) is 12.7 Å². The molecule has 0 amide bonds. The molecule has 0 aliphatic rings. The second-order valence-corrected chi connectivity index (χ2v) is 8.64. The second-order valence-electron chi connectivity index (χ2n) is 8.64. The molecular weight excluding hydrogens is 424 g/mol. The lowest BCUT2D eigenvalue weighted by Crippen LogP contribution is -2.12. The molecule has 0 fully saturated rings. The number of hydrogen-bond donors (Lipinski definition) is 0. The molecule has 0 atom stereocenters. The molecule has 4 rings (SSSR count). The number of aryl methyl sites for hydroxylation is 1.